The molecule has 3 heteroatoms. The molecule has 0 spiro atoms. The molecular formula is C15H14N2O. The van der Waals surface area contributed by atoms with Crippen molar-refractivity contribution in [3.63, 3.8) is 0 Å². The molecule has 2 N–H and O–H groups in total. The summed E-state index contributed by atoms with van der Waals surface area (Å²) in [5, 5.41) is 15.5. The van der Waals surface area contributed by atoms with Gasteiger partial charge in [-0.3, -0.25) is 0 Å². The summed E-state index contributed by atoms with van der Waals surface area (Å²) in [4.78, 5) is 4.62. The van der Waals surface area contributed by atoms with E-state index in [2.05, 4.69) is 28.5 Å². The summed E-state index contributed by atoms with van der Waals surface area (Å²) < 4.78 is 0. The number of anilines is 1. The first kappa shape index (κ1) is 11.0. The number of pyridine rings is 1. The van der Waals surface area contributed by atoms with Gasteiger partial charge in [-0.2, -0.15) is 0 Å². The Hall–Kier alpha value is -2.13. The number of rotatable bonds is 3. The first-order valence-corrected chi connectivity index (χ1v) is 6.02. The third kappa shape index (κ3) is 1.79. The molecule has 0 saturated carbocycles. The van der Waals surface area contributed by atoms with Gasteiger partial charge in [0.25, 0.3) is 0 Å². The van der Waals surface area contributed by atoms with Crippen molar-refractivity contribution in [2.24, 2.45) is 0 Å². The van der Waals surface area contributed by atoms with E-state index in [9.17, 15) is 0 Å². The molecule has 0 atom stereocenters. The zero-order chi connectivity index (χ0) is 12.4. The minimum absolute atomic E-state index is 0.100. The minimum atomic E-state index is 0.100. The Labute approximate surface area is 105 Å². The lowest BCUT2D eigenvalue weighted by molar-refractivity contribution is 0.311. The molecule has 1 heterocycles. The molecule has 3 aromatic rings. The monoisotopic (exact) mass is 238 g/mol. The van der Waals surface area contributed by atoms with Crippen molar-refractivity contribution in [1.82, 2.24) is 4.98 Å². The summed E-state index contributed by atoms with van der Waals surface area (Å²) in [6, 6.07) is 16.3. The van der Waals surface area contributed by atoms with E-state index in [1.165, 1.54) is 5.39 Å². The molecule has 0 aliphatic heterocycles. The van der Waals surface area contributed by atoms with Crippen molar-refractivity contribution in [3.8, 4) is 0 Å². The summed E-state index contributed by atoms with van der Waals surface area (Å²) in [6.07, 6.45) is 0. The van der Waals surface area contributed by atoms with Crippen LogP contribution in [0.5, 0.6) is 0 Å². The highest BCUT2D eigenvalue weighted by atomic mass is 16.3. The average Bonchev–Trinajstić information content (AvgIpc) is 2.45. The summed E-state index contributed by atoms with van der Waals surface area (Å²) in [7, 11) is 0. The minimum Gasteiger partial charge on any atom is -0.395 e. The van der Waals surface area contributed by atoms with E-state index < -0.39 is 0 Å². The van der Waals surface area contributed by atoms with E-state index in [1.807, 2.05) is 30.3 Å². The van der Waals surface area contributed by atoms with Crippen molar-refractivity contribution in [2.45, 2.75) is 0 Å². The zero-order valence-electron chi connectivity index (χ0n) is 9.93. The van der Waals surface area contributed by atoms with Gasteiger partial charge in [-0.05, 0) is 11.5 Å². The molecule has 0 saturated heterocycles. The van der Waals surface area contributed by atoms with Crippen molar-refractivity contribution < 1.29 is 5.11 Å². The Morgan fingerprint density at radius 2 is 1.56 bits per heavy atom. The normalized spacial score (nSPS) is 10.9. The SMILES string of the molecule is OCCNc1nc2ccccc2c2ccccc12. The maximum Gasteiger partial charge on any atom is 0.134 e. The number of hydrogen-bond acceptors (Lipinski definition) is 3. The van der Waals surface area contributed by atoms with Gasteiger partial charge < -0.3 is 10.4 Å². The van der Waals surface area contributed by atoms with Crippen LogP contribution in [0.4, 0.5) is 5.82 Å². The van der Waals surface area contributed by atoms with Crippen molar-refractivity contribution in [1.29, 1.82) is 0 Å². The summed E-state index contributed by atoms with van der Waals surface area (Å²) >= 11 is 0. The van der Waals surface area contributed by atoms with Crippen LogP contribution in [0.15, 0.2) is 48.5 Å². The third-order valence-corrected chi connectivity index (χ3v) is 3.01. The van der Waals surface area contributed by atoms with Crippen LogP contribution in [-0.4, -0.2) is 23.2 Å². The van der Waals surface area contributed by atoms with E-state index in [0.29, 0.717) is 6.54 Å². The summed E-state index contributed by atoms with van der Waals surface area (Å²) in [5.41, 5.74) is 0.969. The second-order valence-corrected chi connectivity index (χ2v) is 4.17. The average molecular weight is 238 g/mol. The highest BCUT2D eigenvalue weighted by Crippen LogP contribution is 2.28. The van der Waals surface area contributed by atoms with Crippen LogP contribution in [0.3, 0.4) is 0 Å². The van der Waals surface area contributed by atoms with Crippen LogP contribution < -0.4 is 5.32 Å². The highest BCUT2D eigenvalue weighted by molar-refractivity contribution is 6.09. The highest BCUT2D eigenvalue weighted by Gasteiger charge is 2.06. The first-order valence-electron chi connectivity index (χ1n) is 6.02. The molecule has 3 rings (SSSR count). The molecule has 3 nitrogen and oxygen atoms in total. The maximum absolute atomic E-state index is 8.92. The molecule has 0 bridgehead atoms. The number of benzene rings is 2. The van der Waals surface area contributed by atoms with E-state index >= 15 is 0 Å². The smallest absolute Gasteiger partial charge is 0.134 e. The predicted molar refractivity (Wildman–Crippen MR) is 74.8 cm³/mol. The predicted octanol–water partition coefficient (Wildman–Crippen LogP) is 2.79. The molecule has 0 unspecified atom stereocenters. The Kier molecular flexibility index (Phi) is 2.82. The lowest BCUT2D eigenvalue weighted by atomic mass is 10.1. The van der Waals surface area contributed by atoms with Crippen molar-refractivity contribution in [3.05, 3.63) is 48.5 Å². The molecule has 0 amide bonds. The van der Waals surface area contributed by atoms with Gasteiger partial charge in [-0.15, -0.1) is 0 Å². The van der Waals surface area contributed by atoms with Gasteiger partial charge in [0.2, 0.25) is 0 Å². The Morgan fingerprint density at radius 1 is 0.889 bits per heavy atom. The van der Waals surface area contributed by atoms with Crippen LogP contribution in [0.2, 0.25) is 0 Å². The number of para-hydroxylation sites is 1. The zero-order valence-corrected chi connectivity index (χ0v) is 9.93. The number of aliphatic hydroxyl groups excluding tert-OH is 1. The Morgan fingerprint density at radius 3 is 2.33 bits per heavy atom. The lowest BCUT2D eigenvalue weighted by Gasteiger charge is -2.10. The number of aromatic nitrogens is 1. The van der Waals surface area contributed by atoms with Crippen molar-refractivity contribution >= 4 is 27.5 Å². The number of nitrogens with one attached hydrogen (secondary N) is 1. The van der Waals surface area contributed by atoms with Crippen LogP contribution in [0, 0.1) is 0 Å². The standard InChI is InChI=1S/C15H14N2O/c18-10-9-16-15-13-7-2-1-5-11(13)12-6-3-4-8-14(12)17-15/h1-8,18H,9-10H2,(H,16,17). The fourth-order valence-corrected chi connectivity index (χ4v) is 2.21. The van der Waals surface area contributed by atoms with Crippen molar-refractivity contribution in [2.75, 3.05) is 18.5 Å². The van der Waals surface area contributed by atoms with Crippen LogP contribution in [-0.2, 0) is 0 Å². The second kappa shape index (κ2) is 4.63. The van der Waals surface area contributed by atoms with Gasteiger partial charge in [0, 0.05) is 17.3 Å². The van der Waals surface area contributed by atoms with Gasteiger partial charge in [-0.1, -0.05) is 42.5 Å². The van der Waals surface area contributed by atoms with E-state index in [4.69, 9.17) is 5.11 Å². The van der Waals surface area contributed by atoms with Gasteiger partial charge in [0.1, 0.15) is 5.82 Å². The van der Waals surface area contributed by atoms with Crippen LogP contribution in [0.25, 0.3) is 21.7 Å². The molecule has 0 aliphatic carbocycles. The second-order valence-electron chi connectivity index (χ2n) is 4.17. The Balaban J connectivity index is 2.32. The number of fused-ring (bicyclic) bond motifs is 3. The molecule has 0 aliphatic rings. The van der Waals surface area contributed by atoms with Gasteiger partial charge in [-0.25, -0.2) is 4.98 Å². The molecule has 0 radical (unpaired) electrons. The van der Waals surface area contributed by atoms with E-state index in [-0.39, 0.29) is 6.61 Å². The third-order valence-electron chi connectivity index (χ3n) is 3.01. The van der Waals surface area contributed by atoms with Gasteiger partial charge in [0.05, 0.1) is 12.1 Å². The largest absolute Gasteiger partial charge is 0.395 e. The lowest BCUT2D eigenvalue weighted by Crippen LogP contribution is -2.07. The van der Waals surface area contributed by atoms with Crippen LogP contribution >= 0.6 is 0 Å². The van der Waals surface area contributed by atoms with E-state index in [0.717, 1.165) is 22.1 Å². The van der Waals surface area contributed by atoms with E-state index in [1.54, 1.807) is 0 Å². The number of hydrogen-bond donors (Lipinski definition) is 2. The summed E-state index contributed by atoms with van der Waals surface area (Å²) in [5.74, 6) is 0.832. The molecule has 0 fully saturated rings. The fourth-order valence-electron chi connectivity index (χ4n) is 2.21. The molecular weight excluding hydrogens is 224 g/mol. The number of nitrogens with zero attached hydrogens (tertiary/aromatic N) is 1. The van der Waals surface area contributed by atoms with Crippen LogP contribution in [0.1, 0.15) is 0 Å². The molecule has 2 aromatic carbocycles. The topological polar surface area (TPSA) is 45.1 Å². The molecule has 1 aromatic heterocycles. The quantitative estimate of drug-likeness (QED) is 0.690. The first-order chi connectivity index (χ1) is 8.90. The number of aliphatic hydroxyl groups is 1. The van der Waals surface area contributed by atoms with Gasteiger partial charge in [0.15, 0.2) is 0 Å². The fraction of sp³-hybridized carbons (Fsp3) is 0.133. The maximum atomic E-state index is 8.92. The molecule has 18 heavy (non-hydrogen) atoms. The Bertz CT molecular complexity index is 694. The molecule has 90 valence electrons. The summed E-state index contributed by atoms with van der Waals surface area (Å²) in [6.45, 7) is 0.609. The van der Waals surface area contributed by atoms with Gasteiger partial charge >= 0.3 is 0 Å².